The zero-order chi connectivity index (χ0) is 19.2. The molecule has 1 aliphatic rings. The van der Waals surface area contributed by atoms with Gasteiger partial charge in [-0.05, 0) is 44.9 Å². The lowest BCUT2D eigenvalue weighted by molar-refractivity contribution is 0.0227. The lowest BCUT2D eigenvalue weighted by Crippen LogP contribution is -2.39. The molecule has 1 N–H and O–H groups in total. The second kappa shape index (κ2) is 6.45. The maximum absolute atomic E-state index is 12.4. The number of nitrogens with zero attached hydrogens (tertiary/aromatic N) is 4. The third-order valence-electron chi connectivity index (χ3n) is 4.27. The van der Waals surface area contributed by atoms with Gasteiger partial charge in [-0.15, -0.1) is 11.3 Å². The van der Waals surface area contributed by atoms with Crippen molar-refractivity contribution in [3.8, 4) is 17.3 Å². The van der Waals surface area contributed by atoms with Crippen LogP contribution in [-0.4, -0.2) is 43.2 Å². The fourth-order valence-corrected chi connectivity index (χ4v) is 4.32. The topological polar surface area (TPSA) is 88.4 Å². The van der Waals surface area contributed by atoms with Crippen LogP contribution in [0.15, 0.2) is 24.5 Å². The number of pyridine rings is 1. The summed E-state index contributed by atoms with van der Waals surface area (Å²) in [5.41, 5.74) is 1.29. The highest BCUT2D eigenvalue weighted by Crippen LogP contribution is 2.39. The van der Waals surface area contributed by atoms with E-state index in [-0.39, 0.29) is 12.0 Å². The lowest BCUT2D eigenvalue weighted by Gasteiger charge is -2.29. The molecule has 27 heavy (non-hydrogen) atoms. The fourth-order valence-electron chi connectivity index (χ4n) is 3.09. The van der Waals surface area contributed by atoms with E-state index in [0.29, 0.717) is 30.7 Å². The molecule has 3 aromatic heterocycles. The summed E-state index contributed by atoms with van der Waals surface area (Å²) in [5, 5.41) is 11.2. The van der Waals surface area contributed by atoms with Crippen molar-refractivity contribution in [3.63, 3.8) is 0 Å². The molecule has 0 spiro atoms. The number of aromatic nitrogens is 3. The number of aromatic hydroxyl groups is 1. The Kier molecular flexibility index (Phi) is 4.22. The van der Waals surface area contributed by atoms with Gasteiger partial charge in [0.05, 0.1) is 11.9 Å². The smallest absolute Gasteiger partial charge is 0.410 e. The summed E-state index contributed by atoms with van der Waals surface area (Å²) in [6.45, 7) is 6.56. The Morgan fingerprint density at radius 2 is 2.00 bits per heavy atom. The molecule has 4 rings (SSSR count). The van der Waals surface area contributed by atoms with E-state index < -0.39 is 5.60 Å². The average molecular weight is 384 g/mol. The van der Waals surface area contributed by atoms with Crippen molar-refractivity contribution in [3.05, 3.63) is 35.0 Å². The summed E-state index contributed by atoms with van der Waals surface area (Å²) in [4.78, 5) is 28.7. The Hall–Kier alpha value is -2.74. The van der Waals surface area contributed by atoms with E-state index in [1.807, 2.05) is 20.8 Å². The first-order valence-corrected chi connectivity index (χ1v) is 9.53. The number of carbonyl (C=O) groups excluding carboxylic acids is 1. The number of hydrogen-bond acceptors (Lipinski definition) is 7. The zero-order valence-corrected chi connectivity index (χ0v) is 16.2. The molecule has 0 unspecified atom stereocenters. The highest BCUT2D eigenvalue weighted by Gasteiger charge is 2.29. The van der Waals surface area contributed by atoms with Crippen LogP contribution in [0.3, 0.4) is 0 Å². The van der Waals surface area contributed by atoms with Gasteiger partial charge >= 0.3 is 6.09 Å². The molecule has 0 bridgehead atoms. The number of thiophene rings is 1. The number of rotatable bonds is 1. The van der Waals surface area contributed by atoms with E-state index in [1.165, 1.54) is 11.3 Å². The summed E-state index contributed by atoms with van der Waals surface area (Å²) >= 11 is 1.49. The Balaban J connectivity index is 1.68. The maximum atomic E-state index is 12.4. The Morgan fingerprint density at radius 3 is 2.70 bits per heavy atom. The minimum absolute atomic E-state index is 0.0185. The Bertz CT molecular complexity index is 1010. The third-order valence-corrected chi connectivity index (χ3v) is 5.38. The monoisotopic (exact) mass is 384 g/mol. The molecule has 0 radical (unpaired) electrons. The van der Waals surface area contributed by atoms with Crippen LogP contribution in [0.1, 0.15) is 31.2 Å². The van der Waals surface area contributed by atoms with Gasteiger partial charge in [-0.3, -0.25) is 4.98 Å². The van der Waals surface area contributed by atoms with Crippen molar-refractivity contribution >= 4 is 27.6 Å². The molecule has 7 nitrogen and oxygen atoms in total. The second-order valence-corrected chi connectivity index (χ2v) is 8.53. The van der Waals surface area contributed by atoms with Gasteiger partial charge in [0.15, 0.2) is 5.82 Å². The maximum Gasteiger partial charge on any atom is 0.410 e. The van der Waals surface area contributed by atoms with Gasteiger partial charge in [0.2, 0.25) is 5.88 Å². The van der Waals surface area contributed by atoms with Gasteiger partial charge in [0, 0.05) is 29.4 Å². The molecule has 0 saturated heterocycles. The Morgan fingerprint density at radius 1 is 1.26 bits per heavy atom. The minimum atomic E-state index is -0.527. The molecule has 4 heterocycles. The molecule has 0 aromatic carbocycles. The van der Waals surface area contributed by atoms with Gasteiger partial charge in [-0.2, -0.15) is 4.98 Å². The van der Waals surface area contributed by atoms with E-state index in [1.54, 1.807) is 29.4 Å². The SMILES string of the molecule is CC(C)(C)OC(=O)N1CCc2c(sc3nc(-c4ccncc4)nc(O)c23)C1. The van der Waals surface area contributed by atoms with Gasteiger partial charge in [-0.1, -0.05) is 0 Å². The fraction of sp³-hybridized carbons (Fsp3) is 0.368. The summed E-state index contributed by atoms with van der Waals surface area (Å²) < 4.78 is 5.48. The number of carbonyl (C=O) groups is 1. The zero-order valence-electron chi connectivity index (χ0n) is 15.4. The first-order valence-electron chi connectivity index (χ1n) is 8.71. The van der Waals surface area contributed by atoms with Crippen LogP contribution in [-0.2, 0) is 17.7 Å². The van der Waals surface area contributed by atoms with Crippen molar-refractivity contribution in [2.75, 3.05) is 6.54 Å². The van der Waals surface area contributed by atoms with Gasteiger partial charge in [-0.25, -0.2) is 9.78 Å². The molecule has 0 atom stereocenters. The lowest BCUT2D eigenvalue weighted by atomic mass is 10.1. The first-order chi connectivity index (χ1) is 12.8. The number of ether oxygens (including phenoxy) is 1. The van der Waals surface area contributed by atoms with Crippen molar-refractivity contribution < 1.29 is 14.6 Å². The van der Waals surface area contributed by atoms with Crippen LogP contribution in [0, 0.1) is 0 Å². The largest absolute Gasteiger partial charge is 0.493 e. The summed E-state index contributed by atoms with van der Waals surface area (Å²) in [7, 11) is 0. The molecule has 1 aliphatic heterocycles. The normalized spacial score (nSPS) is 14.3. The van der Waals surface area contributed by atoms with E-state index in [0.717, 1.165) is 20.8 Å². The van der Waals surface area contributed by atoms with Crippen molar-refractivity contribution in [2.45, 2.75) is 39.3 Å². The molecule has 3 aromatic rings. The van der Waals surface area contributed by atoms with Crippen LogP contribution in [0.5, 0.6) is 5.88 Å². The van der Waals surface area contributed by atoms with Crippen molar-refractivity contribution in [2.24, 2.45) is 0 Å². The highest BCUT2D eigenvalue weighted by molar-refractivity contribution is 7.18. The average Bonchev–Trinajstić information content (AvgIpc) is 2.99. The summed E-state index contributed by atoms with van der Waals surface area (Å²) in [6, 6.07) is 3.61. The molecule has 0 aliphatic carbocycles. The van der Waals surface area contributed by atoms with Crippen LogP contribution >= 0.6 is 11.3 Å². The quantitative estimate of drug-likeness (QED) is 0.687. The predicted octanol–water partition coefficient (Wildman–Crippen LogP) is 3.75. The minimum Gasteiger partial charge on any atom is -0.493 e. The molecule has 0 saturated carbocycles. The standard InChI is InChI=1S/C19H20N4O3S/c1-19(2,3)26-18(25)23-9-6-12-13(10-23)27-17-14(12)16(24)21-15(22-17)11-4-7-20-8-5-11/h4-5,7-8H,6,9-10H2,1-3H3,(H,21,22,24). The van der Waals surface area contributed by atoms with E-state index >= 15 is 0 Å². The molecular weight excluding hydrogens is 364 g/mol. The third kappa shape index (κ3) is 3.44. The van der Waals surface area contributed by atoms with Gasteiger partial charge in [0.1, 0.15) is 10.4 Å². The Labute approximate surface area is 160 Å². The molecule has 1 amide bonds. The van der Waals surface area contributed by atoms with Crippen molar-refractivity contribution in [1.29, 1.82) is 0 Å². The summed E-state index contributed by atoms with van der Waals surface area (Å²) in [6.07, 6.45) is 3.65. The van der Waals surface area contributed by atoms with E-state index in [2.05, 4.69) is 15.0 Å². The molecule has 140 valence electrons. The first kappa shape index (κ1) is 17.7. The van der Waals surface area contributed by atoms with E-state index in [4.69, 9.17) is 4.74 Å². The van der Waals surface area contributed by atoms with Crippen LogP contribution in [0.4, 0.5) is 4.79 Å². The highest BCUT2D eigenvalue weighted by atomic mass is 32.1. The second-order valence-electron chi connectivity index (χ2n) is 7.44. The van der Waals surface area contributed by atoms with Gasteiger partial charge in [0.25, 0.3) is 0 Å². The summed E-state index contributed by atoms with van der Waals surface area (Å²) in [5.74, 6) is 0.444. The van der Waals surface area contributed by atoms with Gasteiger partial charge < -0.3 is 14.7 Å². The van der Waals surface area contributed by atoms with Crippen LogP contribution in [0.2, 0.25) is 0 Å². The van der Waals surface area contributed by atoms with E-state index in [9.17, 15) is 9.90 Å². The number of fused-ring (bicyclic) bond motifs is 3. The number of amides is 1. The van der Waals surface area contributed by atoms with Crippen LogP contribution in [0.25, 0.3) is 21.6 Å². The number of hydrogen-bond donors (Lipinski definition) is 1. The molecule has 8 heteroatoms. The molecule has 0 fully saturated rings. The van der Waals surface area contributed by atoms with Crippen molar-refractivity contribution in [1.82, 2.24) is 19.9 Å². The predicted molar refractivity (Wildman–Crippen MR) is 103 cm³/mol. The van der Waals surface area contributed by atoms with Crippen LogP contribution < -0.4 is 0 Å². The molecular formula is C19H20N4O3S.